The number of carbonyl (C=O) groups excluding carboxylic acids is 2. The summed E-state index contributed by atoms with van der Waals surface area (Å²) in [6.07, 6.45) is 0. The monoisotopic (exact) mass is 405 g/mol. The van der Waals surface area contributed by atoms with Crippen LogP contribution in [0.25, 0.3) is 11.0 Å². The number of nitrogens with one attached hydrogen (secondary N) is 1. The fourth-order valence-electron chi connectivity index (χ4n) is 3.68. The van der Waals surface area contributed by atoms with Crippen molar-refractivity contribution in [3.63, 3.8) is 0 Å². The van der Waals surface area contributed by atoms with E-state index in [1.165, 1.54) is 0 Å². The van der Waals surface area contributed by atoms with Crippen LogP contribution in [0.4, 0.5) is 5.69 Å². The molecule has 2 aromatic carbocycles. The molecule has 0 bridgehead atoms. The predicted molar refractivity (Wildman–Crippen MR) is 113 cm³/mol. The first kappa shape index (κ1) is 21.1. The molecule has 0 aliphatic rings. The van der Waals surface area contributed by atoms with Crippen LogP contribution in [-0.2, 0) is 16.1 Å². The van der Waals surface area contributed by atoms with Gasteiger partial charge in [-0.15, -0.1) is 0 Å². The van der Waals surface area contributed by atoms with Gasteiger partial charge >= 0.3 is 5.97 Å². The number of nitriles is 1. The number of benzene rings is 2. The van der Waals surface area contributed by atoms with E-state index in [9.17, 15) is 9.59 Å². The van der Waals surface area contributed by atoms with Crippen molar-refractivity contribution < 1.29 is 18.9 Å². The Morgan fingerprint density at radius 3 is 2.67 bits per heavy atom. The second-order valence-electron chi connectivity index (χ2n) is 6.94. The first-order valence-electron chi connectivity index (χ1n) is 9.93. The molecule has 154 valence electrons. The van der Waals surface area contributed by atoms with Gasteiger partial charge in [-0.05, 0) is 51.1 Å². The molecule has 0 saturated heterocycles. The molecule has 3 aromatic rings. The average molecular weight is 405 g/mol. The number of hydrogen-bond acceptors (Lipinski definition) is 4. The SMILES string of the molecule is CCOC(=O)c1ccc2c(c1)n([C@H](C)C(=O)Nc1cccc(C#N)c1)c(C)[n+]2CC. The summed E-state index contributed by atoms with van der Waals surface area (Å²) in [5.74, 6) is 0.301. The normalized spacial score (nSPS) is 11.7. The van der Waals surface area contributed by atoms with Gasteiger partial charge in [0.1, 0.15) is 0 Å². The van der Waals surface area contributed by atoms with E-state index >= 15 is 0 Å². The molecule has 3 rings (SSSR count). The van der Waals surface area contributed by atoms with Gasteiger partial charge in [-0.2, -0.15) is 5.26 Å². The highest BCUT2D eigenvalue weighted by atomic mass is 16.5. The van der Waals surface area contributed by atoms with E-state index in [1.807, 2.05) is 31.4 Å². The zero-order chi connectivity index (χ0) is 21.8. The van der Waals surface area contributed by atoms with Crippen molar-refractivity contribution >= 4 is 28.6 Å². The van der Waals surface area contributed by atoms with Gasteiger partial charge in [0.15, 0.2) is 17.1 Å². The van der Waals surface area contributed by atoms with Crippen LogP contribution >= 0.6 is 0 Å². The number of imidazole rings is 1. The third-order valence-corrected chi connectivity index (χ3v) is 5.12. The molecule has 0 aliphatic carbocycles. The number of aromatic nitrogens is 2. The van der Waals surface area contributed by atoms with E-state index in [2.05, 4.69) is 16.0 Å². The number of aryl methyl sites for hydroxylation is 1. The quantitative estimate of drug-likeness (QED) is 0.502. The van der Waals surface area contributed by atoms with Gasteiger partial charge in [0.05, 0.1) is 30.3 Å². The third kappa shape index (κ3) is 3.90. The molecule has 1 N–H and O–H groups in total. The van der Waals surface area contributed by atoms with Crippen LogP contribution < -0.4 is 9.88 Å². The molecule has 1 aromatic heterocycles. The lowest BCUT2D eigenvalue weighted by Gasteiger charge is -2.12. The third-order valence-electron chi connectivity index (χ3n) is 5.12. The number of anilines is 1. The van der Waals surface area contributed by atoms with E-state index in [0.29, 0.717) is 23.4 Å². The number of carbonyl (C=O) groups is 2. The molecular weight excluding hydrogens is 380 g/mol. The zero-order valence-corrected chi connectivity index (χ0v) is 17.6. The van der Waals surface area contributed by atoms with E-state index < -0.39 is 12.0 Å². The summed E-state index contributed by atoms with van der Waals surface area (Å²) in [5, 5.41) is 11.9. The maximum atomic E-state index is 13.0. The summed E-state index contributed by atoms with van der Waals surface area (Å²) in [6.45, 7) is 8.59. The summed E-state index contributed by atoms with van der Waals surface area (Å²) in [5.41, 5.74) is 3.21. The topological polar surface area (TPSA) is 88.0 Å². The second kappa shape index (κ2) is 8.78. The van der Waals surface area contributed by atoms with Crippen LogP contribution in [0.2, 0.25) is 0 Å². The Morgan fingerprint density at radius 2 is 2.00 bits per heavy atom. The average Bonchev–Trinajstić information content (AvgIpc) is 3.03. The van der Waals surface area contributed by atoms with Crippen molar-refractivity contribution in [1.29, 1.82) is 5.26 Å². The highest BCUT2D eigenvalue weighted by Crippen LogP contribution is 2.23. The highest BCUT2D eigenvalue weighted by Gasteiger charge is 2.30. The lowest BCUT2D eigenvalue weighted by Crippen LogP contribution is -2.36. The molecule has 7 nitrogen and oxygen atoms in total. The number of rotatable bonds is 6. The Labute approximate surface area is 175 Å². The number of esters is 1. The molecule has 0 aliphatic heterocycles. The summed E-state index contributed by atoms with van der Waals surface area (Å²) < 4.78 is 9.15. The minimum atomic E-state index is -0.538. The molecule has 0 spiro atoms. The standard InChI is InChI=1S/C23H24N4O3/c1-5-26-16(4)27(21-13-18(10-11-20(21)26)23(29)30-6-2)15(3)22(28)25-19-9-7-8-17(12-19)14-24/h7-13,15H,5-6H2,1-4H3/p+1/t15-/m1/s1. The molecule has 1 heterocycles. The van der Waals surface area contributed by atoms with Gasteiger partial charge in [0.25, 0.3) is 11.7 Å². The maximum Gasteiger partial charge on any atom is 0.338 e. The van der Waals surface area contributed by atoms with E-state index in [1.54, 1.807) is 43.3 Å². The maximum absolute atomic E-state index is 13.0. The molecular formula is C23H25N4O3+. The molecule has 1 amide bonds. The van der Waals surface area contributed by atoms with Crippen LogP contribution in [0.1, 0.15) is 48.6 Å². The van der Waals surface area contributed by atoms with Crippen LogP contribution in [0.3, 0.4) is 0 Å². The molecule has 0 unspecified atom stereocenters. The van der Waals surface area contributed by atoms with Crippen LogP contribution in [0, 0.1) is 18.3 Å². The van der Waals surface area contributed by atoms with Gasteiger partial charge in [0, 0.05) is 18.7 Å². The predicted octanol–water partition coefficient (Wildman–Crippen LogP) is 3.51. The molecule has 0 radical (unpaired) electrons. The largest absolute Gasteiger partial charge is 0.462 e. The van der Waals surface area contributed by atoms with Crippen molar-refractivity contribution in [3.05, 3.63) is 59.4 Å². The van der Waals surface area contributed by atoms with Gasteiger partial charge < -0.3 is 10.1 Å². The fraction of sp³-hybridized carbons (Fsp3) is 0.304. The molecule has 7 heteroatoms. The Kier molecular flexibility index (Phi) is 6.17. The van der Waals surface area contributed by atoms with Crippen molar-refractivity contribution in [2.75, 3.05) is 11.9 Å². The molecule has 1 atom stereocenters. The van der Waals surface area contributed by atoms with Crippen LogP contribution in [0.15, 0.2) is 42.5 Å². The lowest BCUT2D eigenvalue weighted by molar-refractivity contribution is -0.675. The van der Waals surface area contributed by atoms with Crippen molar-refractivity contribution in [3.8, 4) is 6.07 Å². The summed E-state index contributed by atoms with van der Waals surface area (Å²) in [7, 11) is 0. The molecule has 0 saturated carbocycles. The van der Waals surface area contributed by atoms with Crippen molar-refractivity contribution in [2.45, 2.75) is 40.3 Å². The van der Waals surface area contributed by atoms with Gasteiger partial charge in [-0.1, -0.05) is 6.07 Å². The van der Waals surface area contributed by atoms with Crippen molar-refractivity contribution in [2.24, 2.45) is 0 Å². The molecule has 30 heavy (non-hydrogen) atoms. The number of nitrogens with zero attached hydrogens (tertiary/aromatic N) is 3. The Hall–Kier alpha value is -3.66. The van der Waals surface area contributed by atoms with Crippen molar-refractivity contribution in [1.82, 2.24) is 4.57 Å². The first-order chi connectivity index (χ1) is 14.4. The van der Waals surface area contributed by atoms with Crippen LogP contribution in [0.5, 0.6) is 0 Å². The Morgan fingerprint density at radius 1 is 1.23 bits per heavy atom. The lowest BCUT2D eigenvalue weighted by atomic mass is 10.1. The van der Waals surface area contributed by atoms with Gasteiger partial charge in [0.2, 0.25) is 0 Å². The van der Waals surface area contributed by atoms with Gasteiger partial charge in [-0.3, -0.25) is 4.79 Å². The number of amides is 1. The second-order valence-corrected chi connectivity index (χ2v) is 6.94. The van der Waals surface area contributed by atoms with Crippen LogP contribution in [-0.4, -0.2) is 23.1 Å². The fourth-order valence-corrected chi connectivity index (χ4v) is 3.68. The zero-order valence-electron chi connectivity index (χ0n) is 17.6. The Bertz CT molecular complexity index is 1160. The van der Waals surface area contributed by atoms with E-state index in [0.717, 1.165) is 23.4 Å². The Balaban J connectivity index is 2.03. The summed E-state index contributed by atoms with van der Waals surface area (Å²) in [4.78, 5) is 25.2. The van der Waals surface area contributed by atoms with E-state index in [-0.39, 0.29) is 5.91 Å². The highest BCUT2D eigenvalue weighted by molar-refractivity contribution is 5.96. The number of fused-ring (bicyclic) bond motifs is 1. The summed E-state index contributed by atoms with van der Waals surface area (Å²) in [6, 6.07) is 13.7. The number of ether oxygens (including phenoxy) is 1. The molecule has 0 fully saturated rings. The smallest absolute Gasteiger partial charge is 0.338 e. The number of hydrogen-bond donors (Lipinski definition) is 1. The minimum Gasteiger partial charge on any atom is -0.462 e. The first-order valence-corrected chi connectivity index (χ1v) is 9.93. The van der Waals surface area contributed by atoms with Gasteiger partial charge in [-0.25, -0.2) is 13.9 Å². The summed E-state index contributed by atoms with van der Waals surface area (Å²) >= 11 is 0. The minimum absolute atomic E-state index is 0.213. The van der Waals surface area contributed by atoms with E-state index in [4.69, 9.17) is 10.00 Å².